The molecule has 2 unspecified atom stereocenters. The van der Waals surface area contributed by atoms with Gasteiger partial charge in [0.25, 0.3) is 0 Å². The van der Waals surface area contributed by atoms with Crippen molar-refractivity contribution in [2.24, 2.45) is 46.3 Å². The normalized spacial score (nSPS) is 40.3. The van der Waals surface area contributed by atoms with Crippen LogP contribution >= 0.6 is 7.60 Å². The van der Waals surface area contributed by atoms with E-state index in [2.05, 4.69) is 20.8 Å². The highest BCUT2D eigenvalue weighted by Gasteiger charge is 2.69. The largest absolute Gasteiger partial charge is 0.393 e. The quantitative estimate of drug-likeness (QED) is 0.0411. The lowest BCUT2D eigenvalue weighted by Gasteiger charge is -2.65. The molecule has 1 saturated heterocycles. The number of ether oxygens (including phenoxy) is 3. The van der Waals surface area contributed by atoms with E-state index < -0.39 is 43.3 Å². The average Bonchev–Trinajstić information content (AvgIpc) is 3.69. The molecule has 0 aromatic heterocycles. The first-order valence-electron chi connectivity index (χ1n) is 23.3. The van der Waals surface area contributed by atoms with Gasteiger partial charge in [0.2, 0.25) is 0 Å². The van der Waals surface area contributed by atoms with Crippen molar-refractivity contribution in [3.05, 3.63) is 0 Å². The molecule has 56 heavy (non-hydrogen) atoms. The molecule has 1 heterocycles. The van der Waals surface area contributed by atoms with Crippen molar-refractivity contribution in [1.29, 1.82) is 0 Å². The zero-order chi connectivity index (χ0) is 40.5. The Morgan fingerprint density at radius 2 is 1.36 bits per heavy atom. The first-order chi connectivity index (χ1) is 26.7. The lowest BCUT2D eigenvalue weighted by molar-refractivity contribution is -0.206. The van der Waals surface area contributed by atoms with Crippen molar-refractivity contribution in [1.82, 2.24) is 0 Å². The molecule has 11 heteroatoms. The van der Waals surface area contributed by atoms with Crippen molar-refractivity contribution in [3.63, 3.8) is 0 Å². The van der Waals surface area contributed by atoms with Gasteiger partial charge in [0.1, 0.15) is 6.10 Å². The van der Waals surface area contributed by atoms with Crippen molar-refractivity contribution in [2.45, 2.75) is 218 Å². The highest BCUT2D eigenvalue weighted by Crippen LogP contribution is 2.71. The Balaban J connectivity index is 0.992. The number of hydrogen-bond donors (Lipinski definition) is 6. The summed E-state index contributed by atoms with van der Waals surface area (Å²) in [6, 6.07) is 0. The highest BCUT2D eigenvalue weighted by molar-refractivity contribution is 7.52. The van der Waals surface area contributed by atoms with Gasteiger partial charge in [-0.25, -0.2) is 0 Å². The zero-order valence-corrected chi connectivity index (χ0v) is 36.5. The van der Waals surface area contributed by atoms with E-state index in [9.17, 15) is 34.8 Å². The average molecular weight is 815 g/mol. The van der Waals surface area contributed by atoms with Gasteiger partial charge in [0.15, 0.2) is 6.29 Å². The molecule has 5 fully saturated rings. The molecule has 0 aromatic carbocycles. The van der Waals surface area contributed by atoms with E-state index in [1.165, 1.54) is 83.5 Å². The molecule has 0 amide bonds. The third-order valence-corrected chi connectivity index (χ3v) is 17.8. The predicted molar refractivity (Wildman–Crippen MR) is 220 cm³/mol. The summed E-state index contributed by atoms with van der Waals surface area (Å²) in [5.41, 5.74) is -2.10. The van der Waals surface area contributed by atoms with Crippen LogP contribution in [0, 0.1) is 46.3 Å². The van der Waals surface area contributed by atoms with E-state index in [-0.39, 0.29) is 53.6 Å². The third kappa shape index (κ3) is 11.2. The van der Waals surface area contributed by atoms with Crippen LogP contribution in [0.2, 0.25) is 0 Å². The monoisotopic (exact) mass is 815 g/mol. The maximum Gasteiger partial charge on any atom is 0.329 e. The molecule has 1 aliphatic heterocycles. The van der Waals surface area contributed by atoms with E-state index in [1.807, 2.05) is 6.92 Å². The number of rotatable bonds is 24. The highest BCUT2D eigenvalue weighted by atomic mass is 31.2. The molecule has 0 radical (unpaired) electrons. The van der Waals surface area contributed by atoms with E-state index in [0.29, 0.717) is 51.4 Å². The Hall–Kier alpha value is -0.130. The SMILES string of the molecule is CCCCCCCCCCCCCCCCO[C@H]1CC(O)O[C@@H]1COCCC[C@@H](C)[C@H]1CC[C@H]2[C@@H]3[C@H](O)C[C@@H]4C[C@H](O)CC(P(=O)(O)O)[C@]4(C)[C@H]3C[C@H](O)[C@]12C. The Labute approximate surface area is 339 Å². The fraction of sp³-hybridized carbons (Fsp3) is 1.00. The van der Waals surface area contributed by atoms with Crippen LogP contribution < -0.4 is 0 Å². The molecule has 0 aromatic rings. The number of fused-ring (bicyclic) bond motifs is 5. The predicted octanol–water partition coefficient (Wildman–Crippen LogP) is 8.51. The molecule has 4 aliphatic carbocycles. The lowest BCUT2D eigenvalue weighted by Crippen LogP contribution is -2.65. The van der Waals surface area contributed by atoms with Gasteiger partial charge >= 0.3 is 7.60 Å². The third-order valence-electron chi connectivity index (χ3n) is 16.3. The molecule has 6 N–H and O–H groups in total. The van der Waals surface area contributed by atoms with Gasteiger partial charge in [-0.2, -0.15) is 0 Å². The smallest absolute Gasteiger partial charge is 0.329 e. The molecule has 0 spiro atoms. The Kier molecular flexibility index (Phi) is 18.1. The van der Waals surface area contributed by atoms with Crippen molar-refractivity contribution in [2.75, 3.05) is 19.8 Å². The second-order valence-electron chi connectivity index (χ2n) is 19.8. The van der Waals surface area contributed by atoms with Crippen LogP contribution in [0.3, 0.4) is 0 Å². The number of aliphatic hydroxyl groups excluding tert-OH is 4. The molecule has 0 bridgehead atoms. The second-order valence-corrected chi connectivity index (χ2v) is 21.6. The summed E-state index contributed by atoms with van der Waals surface area (Å²) in [5, 5.41) is 44.5. The van der Waals surface area contributed by atoms with Gasteiger partial charge in [-0.1, -0.05) is 111 Å². The van der Waals surface area contributed by atoms with Gasteiger partial charge in [-0.3, -0.25) is 4.57 Å². The molecule has 5 aliphatic rings. The molecular formula is C45H83O10P. The first-order valence-corrected chi connectivity index (χ1v) is 25.0. The van der Waals surface area contributed by atoms with Crippen molar-refractivity contribution in [3.8, 4) is 0 Å². The minimum absolute atomic E-state index is 0.0665. The van der Waals surface area contributed by atoms with Crippen LogP contribution in [-0.4, -0.2) is 92.5 Å². The first kappa shape index (κ1) is 46.9. The van der Waals surface area contributed by atoms with Crippen LogP contribution in [0.5, 0.6) is 0 Å². The minimum Gasteiger partial charge on any atom is -0.393 e. The standard InChI is InChI=1S/C45H83O10P/c1-5-6-7-8-9-10-11-12-13-14-15-16-17-18-24-54-38-29-42(49)55-39(38)30-53-23-19-20-31(2)34-21-22-35-43-36(28-40(48)45(34,35)4)44(3)32(26-37(43)47)25-33(46)27-41(44)56(50,51)52/h31-43,46-49H,5-30H2,1-4H3,(H2,50,51,52)/t31-,32+,33+,34-,35+,36+,37-,38+,39-,40+,41?,42?,43+,44+,45-/m1/s1. The fourth-order valence-electron chi connectivity index (χ4n) is 13.2. The maximum absolute atomic E-state index is 12.9. The Morgan fingerprint density at radius 1 is 0.732 bits per heavy atom. The second kappa shape index (κ2) is 21.6. The molecule has 328 valence electrons. The molecule has 15 atom stereocenters. The number of aliphatic hydroxyl groups is 4. The van der Waals surface area contributed by atoms with Crippen LogP contribution in [-0.2, 0) is 18.8 Å². The number of hydrogen-bond acceptors (Lipinski definition) is 8. The van der Waals surface area contributed by atoms with E-state index >= 15 is 0 Å². The summed E-state index contributed by atoms with van der Waals surface area (Å²) in [4.78, 5) is 21.0. The summed E-state index contributed by atoms with van der Waals surface area (Å²) < 4.78 is 30.9. The van der Waals surface area contributed by atoms with Crippen LogP contribution in [0.4, 0.5) is 0 Å². The van der Waals surface area contributed by atoms with Gasteiger partial charge in [0, 0.05) is 19.6 Å². The summed E-state index contributed by atoms with van der Waals surface area (Å²) >= 11 is 0. The summed E-state index contributed by atoms with van der Waals surface area (Å²) in [6.07, 6.45) is 20.8. The molecule has 10 nitrogen and oxygen atoms in total. The van der Waals surface area contributed by atoms with Crippen LogP contribution in [0.25, 0.3) is 0 Å². The van der Waals surface area contributed by atoms with Crippen molar-refractivity contribution >= 4 is 7.60 Å². The van der Waals surface area contributed by atoms with Crippen LogP contribution in [0.1, 0.15) is 175 Å². The fourth-order valence-corrected chi connectivity index (χ4v) is 14.8. The summed E-state index contributed by atoms with van der Waals surface area (Å²) in [7, 11) is -4.52. The van der Waals surface area contributed by atoms with E-state index in [1.54, 1.807) is 0 Å². The van der Waals surface area contributed by atoms with Crippen molar-refractivity contribution < 1.29 is 49.0 Å². The summed E-state index contributed by atoms with van der Waals surface area (Å²) in [5.74, 6) is 0.155. The zero-order valence-electron chi connectivity index (χ0n) is 35.7. The summed E-state index contributed by atoms with van der Waals surface area (Å²) in [6.45, 7) is 10.4. The molecule has 4 saturated carbocycles. The number of unbranched alkanes of at least 4 members (excludes halogenated alkanes) is 13. The van der Waals surface area contributed by atoms with Gasteiger partial charge in [0.05, 0.1) is 36.7 Å². The molecular weight excluding hydrogens is 731 g/mol. The van der Waals surface area contributed by atoms with E-state index in [0.717, 1.165) is 32.1 Å². The Morgan fingerprint density at radius 3 is 1.98 bits per heavy atom. The van der Waals surface area contributed by atoms with E-state index in [4.69, 9.17) is 14.2 Å². The topological polar surface area (TPSA) is 166 Å². The minimum atomic E-state index is -4.52. The van der Waals surface area contributed by atoms with Gasteiger partial charge in [-0.05, 0) is 104 Å². The molecule has 5 rings (SSSR count). The van der Waals surface area contributed by atoms with Crippen LogP contribution in [0.15, 0.2) is 0 Å². The maximum atomic E-state index is 12.9. The Bertz CT molecular complexity index is 1200. The van der Waals surface area contributed by atoms with Gasteiger partial charge in [-0.15, -0.1) is 0 Å². The lowest BCUT2D eigenvalue weighted by atomic mass is 9.43. The van der Waals surface area contributed by atoms with Gasteiger partial charge < -0.3 is 44.4 Å².